The van der Waals surface area contributed by atoms with Crippen LogP contribution in [0.3, 0.4) is 0 Å². The van der Waals surface area contributed by atoms with Gasteiger partial charge in [0.25, 0.3) is 0 Å². The first-order chi connectivity index (χ1) is 7.55. The van der Waals surface area contributed by atoms with Crippen molar-refractivity contribution in [2.24, 2.45) is 5.92 Å². The summed E-state index contributed by atoms with van der Waals surface area (Å²) in [5.41, 5.74) is -0.585. The van der Waals surface area contributed by atoms with E-state index < -0.39 is 5.60 Å². The maximum atomic E-state index is 11.7. The molecule has 1 unspecified atom stereocenters. The number of rotatable bonds is 3. The summed E-state index contributed by atoms with van der Waals surface area (Å²) in [6.45, 7) is 1.47. The molecule has 0 amide bonds. The average molecular weight is 283 g/mol. The molecule has 3 heteroatoms. The molecule has 1 atom stereocenters. The van der Waals surface area contributed by atoms with Gasteiger partial charge in [0.05, 0.1) is 0 Å². The molecule has 1 aliphatic rings. The molecule has 86 valence electrons. The molecule has 1 N–H and O–H groups in total. The van der Waals surface area contributed by atoms with Crippen LogP contribution in [0.5, 0.6) is 0 Å². The molecule has 0 bridgehead atoms. The van der Waals surface area contributed by atoms with Crippen LogP contribution in [0.1, 0.15) is 25.3 Å². The van der Waals surface area contributed by atoms with Gasteiger partial charge < -0.3 is 5.11 Å². The summed E-state index contributed by atoms with van der Waals surface area (Å²) in [5.74, 6) is -0.125. The topological polar surface area (TPSA) is 37.3 Å². The van der Waals surface area contributed by atoms with Crippen molar-refractivity contribution in [1.29, 1.82) is 0 Å². The number of hydrogen-bond acceptors (Lipinski definition) is 2. The van der Waals surface area contributed by atoms with Crippen molar-refractivity contribution in [1.82, 2.24) is 0 Å². The molecular formula is C13H15BrO2. The van der Waals surface area contributed by atoms with E-state index in [1.54, 1.807) is 0 Å². The minimum absolute atomic E-state index is 0.0387. The highest BCUT2D eigenvalue weighted by molar-refractivity contribution is 9.09. The van der Waals surface area contributed by atoms with Crippen molar-refractivity contribution in [3.8, 4) is 0 Å². The third-order valence-corrected chi connectivity index (χ3v) is 4.17. The lowest BCUT2D eigenvalue weighted by Gasteiger charge is -2.42. The van der Waals surface area contributed by atoms with E-state index in [1.165, 1.54) is 6.92 Å². The third kappa shape index (κ3) is 1.82. The second-order valence-electron chi connectivity index (χ2n) is 4.45. The van der Waals surface area contributed by atoms with Crippen LogP contribution >= 0.6 is 15.9 Å². The molecule has 16 heavy (non-hydrogen) atoms. The van der Waals surface area contributed by atoms with Gasteiger partial charge in [-0.15, -0.1) is 0 Å². The summed E-state index contributed by atoms with van der Waals surface area (Å²) in [6.07, 6.45) is 1.70. The van der Waals surface area contributed by atoms with Crippen molar-refractivity contribution in [2.45, 2.75) is 30.2 Å². The molecule has 0 aromatic heterocycles. The van der Waals surface area contributed by atoms with E-state index in [0.29, 0.717) is 10.4 Å². The Kier molecular flexibility index (Phi) is 3.17. The molecule has 1 aliphatic carbocycles. The molecule has 2 nitrogen and oxygen atoms in total. The molecule has 0 saturated heterocycles. The molecule has 0 radical (unpaired) electrons. The normalized spacial score (nSPS) is 27.9. The molecule has 1 fully saturated rings. The lowest BCUT2D eigenvalue weighted by Crippen LogP contribution is -2.48. The summed E-state index contributed by atoms with van der Waals surface area (Å²) < 4.78 is 0. The molecule has 1 aromatic rings. The minimum Gasteiger partial charge on any atom is -0.377 e. The predicted molar refractivity (Wildman–Crippen MR) is 66.5 cm³/mol. The van der Waals surface area contributed by atoms with Gasteiger partial charge in [-0.05, 0) is 25.3 Å². The Hall–Kier alpha value is -0.670. The van der Waals surface area contributed by atoms with Gasteiger partial charge in [0, 0.05) is 10.7 Å². The van der Waals surface area contributed by atoms with Gasteiger partial charge in [0.15, 0.2) is 11.4 Å². The molecule has 0 spiro atoms. The SMILES string of the molecule is CC(=O)C(O)(c1ccccc1)C1CC(Br)C1. The van der Waals surface area contributed by atoms with Crippen molar-refractivity contribution in [3.63, 3.8) is 0 Å². The van der Waals surface area contributed by atoms with Crippen LogP contribution < -0.4 is 0 Å². The maximum absolute atomic E-state index is 11.7. The van der Waals surface area contributed by atoms with E-state index in [-0.39, 0.29) is 11.7 Å². The quantitative estimate of drug-likeness (QED) is 0.866. The highest BCUT2D eigenvalue weighted by Crippen LogP contribution is 2.45. The maximum Gasteiger partial charge on any atom is 0.166 e. The van der Waals surface area contributed by atoms with Crippen LogP contribution in [0, 0.1) is 5.92 Å². The third-order valence-electron chi connectivity index (χ3n) is 3.42. The van der Waals surface area contributed by atoms with Crippen LogP contribution in [-0.4, -0.2) is 15.7 Å². The zero-order valence-corrected chi connectivity index (χ0v) is 10.8. The van der Waals surface area contributed by atoms with Crippen molar-refractivity contribution in [2.75, 3.05) is 0 Å². The Morgan fingerprint density at radius 3 is 2.38 bits per heavy atom. The number of benzene rings is 1. The van der Waals surface area contributed by atoms with Gasteiger partial charge in [-0.2, -0.15) is 0 Å². The highest BCUT2D eigenvalue weighted by atomic mass is 79.9. The van der Waals surface area contributed by atoms with Crippen LogP contribution in [0.4, 0.5) is 0 Å². The minimum atomic E-state index is -1.30. The van der Waals surface area contributed by atoms with Gasteiger partial charge in [-0.25, -0.2) is 0 Å². The van der Waals surface area contributed by atoms with Crippen molar-refractivity contribution >= 4 is 21.7 Å². The Balaban J connectivity index is 2.33. The van der Waals surface area contributed by atoms with E-state index in [2.05, 4.69) is 15.9 Å². The van der Waals surface area contributed by atoms with E-state index in [4.69, 9.17) is 0 Å². The van der Waals surface area contributed by atoms with E-state index in [9.17, 15) is 9.90 Å². The van der Waals surface area contributed by atoms with Crippen molar-refractivity contribution in [3.05, 3.63) is 35.9 Å². The van der Waals surface area contributed by atoms with Gasteiger partial charge in [-0.3, -0.25) is 4.79 Å². The molecular weight excluding hydrogens is 268 g/mol. The van der Waals surface area contributed by atoms with E-state index in [1.807, 2.05) is 30.3 Å². The van der Waals surface area contributed by atoms with Crippen molar-refractivity contribution < 1.29 is 9.90 Å². The first kappa shape index (κ1) is 11.8. The Labute approximate surface area is 104 Å². The van der Waals surface area contributed by atoms with E-state index >= 15 is 0 Å². The number of aliphatic hydroxyl groups is 1. The fourth-order valence-corrected chi connectivity index (χ4v) is 3.21. The van der Waals surface area contributed by atoms with Crippen LogP contribution in [0.2, 0.25) is 0 Å². The summed E-state index contributed by atoms with van der Waals surface area (Å²) in [4.78, 5) is 12.2. The summed E-state index contributed by atoms with van der Waals surface area (Å²) in [7, 11) is 0. The summed E-state index contributed by atoms with van der Waals surface area (Å²) in [6, 6.07) is 9.24. The highest BCUT2D eigenvalue weighted by Gasteiger charge is 2.48. The van der Waals surface area contributed by atoms with Gasteiger partial charge in [0.2, 0.25) is 0 Å². The monoisotopic (exact) mass is 282 g/mol. The number of carbonyl (C=O) groups excluding carboxylic acids is 1. The van der Waals surface area contributed by atoms with Crippen LogP contribution in [0.15, 0.2) is 30.3 Å². The van der Waals surface area contributed by atoms with Gasteiger partial charge in [-0.1, -0.05) is 46.3 Å². The molecule has 0 heterocycles. The average Bonchev–Trinajstić information content (AvgIpc) is 2.25. The second-order valence-corrected chi connectivity index (χ2v) is 5.75. The smallest absolute Gasteiger partial charge is 0.166 e. The number of carbonyl (C=O) groups is 1. The summed E-state index contributed by atoms with van der Waals surface area (Å²) in [5, 5.41) is 10.6. The van der Waals surface area contributed by atoms with Crippen LogP contribution in [0.25, 0.3) is 0 Å². The number of ketones is 1. The molecule has 1 saturated carbocycles. The number of Topliss-reactive ketones (excluding diaryl/α,β-unsaturated/α-hetero) is 1. The predicted octanol–water partition coefficient (Wildman–Crippen LogP) is 2.64. The molecule has 1 aromatic carbocycles. The fraction of sp³-hybridized carbons (Fsp3) is 0.462. The zero-order valence-electron chi connectivity index (χ0n) is 9.19. The molecule has 0 aliphatic heterocycles. The lowest BCUT2D eigenvalue weighted by atomic mass is 9.68. The standard InChI is InChI=1S/C13H15BrO2/c1-9(15)13(16,11-7-12(14)8-11)10-5-3-2-4-6-10/h2-6,11-12,16H,7-8H2,1H3. The van der Waals surface area contributed by atoms with Gasteiger partial charge >= 0.3 is 0 Å². The fourth-order valence-electron chi connectivity index (χ4n) is 2.31. The first-order valence-electron chi connectivity index (χ1n) is 5.48. The van der Waals surface area contributed by atoms with E-state index in [0.717, 1.165) is 12.8 Å². The lowest BCUT2D eigenvalue weighted by molar-refractivity contribution is -0.146. The summed E-state index contributed by atoms with van der Waals surface area (Å²) >= 11 is 3.49. The Morgan fingerprint density at radius 1 is 1.38 bits per heavy atom. The Morgan fingerprint density at radius 2 is 1.94 bits per heavy atom. The number of halogens is 1. The number of hydrogen-bond donors (Lipinski definition) is 1. The van der Waals surface area contributed by atoms with Gasteiger partial charge in [0.1, 0.15) is 0 Å². The number of alkyl halides is 1. The van der Waals surface area contributed by atoms with Crippen LogP contribution in [-0.2, 0) is 10.4 Å². The second kappa shape index (κ2) is 4.30. The Bertz CT molecular complexity index is 384. The molecule has 2 rings (SSSR count). The first-order valence-corrected chi connectivity index (χ1v) is 6.39. The largest absolute Gasteiger partial charge is 0.377 e. The zero-order chi connectivity index (χ0) is 11.8.